The highest BCUT2D eigenvalue weighted by molar-refractivity contribution is 5.90. The predicted octanol–water partition coefficient (Wildman–Crippen LogP) is 2.92. The Kier molecular flexibility index (Phi) is 17.2. The third-order valence-electron chi connectivity index (χ3n) is 10.4. The number of ether oxygens (including phenoxy) is 1. The Bertz CT molecular complexity index is 1230. The summed E-state index contributed by atoms with van der Waals surface area (Å²) in [6, 6.07) is 5.35. The normalized spacial score (nSPS) is 19.1. The molecular weight excluding hydrogens is 636 g/mol. The van der Waals surface area contributed by atoms with Crippen molar-refractivity contribution in [1.29, 1.82) is 0 Å². The van der Waals surface area contributed by atoms with Gasteiger partial charge in [0.2, 0.25) is 23.6 Å². The summed E-state index contributed by atoms with van der Waals surface area (Å²) >= 11 is 0. The van der Waals surface area contributed by atoms with Gasteiger partial charge in [-0.1, -0.05) is 67.0 Å². The molecule has 284 valence electrons. The maximum absolute atomic E-state index is 14.0. The molecule has 0 aromatic heterocycles. The number of nitrogen functional groups attached to an aromatic ring is 1. The van der Waals surface area contributed by atoms with Crippen LogP contribution in [0.4, 0.5) is 5.69 Å². The number of aliphatic hydroxyl groups excluding tert-OH is 1. The Morgan fingerprint density at radius 3 is 2.14 bits per heavy atom. The van der Waals surface area contributed by atoms with Crippen LogP contribution in [-0.4, -0.2) is 121 Å². The molecule has 1 aliphatic rings. The van der Waals surface area contributed by atoms with Gasteiger partial charge in [-0.15, -0.1) is 0 Å². The van der Waals surface area contributed by atoms with Crippen molar-refractivity contribution in [3.05, 3.63) is 29.8 Å². The van der Waals surface area contributed by atoms with Gasteiger partial charge < -0.3 is 36.0 Å². The van der Waals surface area contributed by atoms with Crippen molar-refractivity contribution < 1.29 is 29.0 Å². The molecule has 0 aliphatic carbocycles. The maximum Gasteiger partial charge on any atom is 0.245 e. The molecule has 1 aromatic rings. The summed E-state index contributed by atoms with van der Waals surface area (Å²) in [4.78, 5) is 59.5. The highest BCUT2D eigenvalue weighted by atomic mass is 16.5. The van der Waals surface area contributed by atoms with Gasteiger partial charge in [0.25, 0.3) is 0 Å². The minimum atomic E-state index is -1.14. The van der Waals surface area contributed by atoms with E-state index in [1.165, 1.54) is 4.90 Å². The predicted molar refractivity (Wildman–Crippen MR) is 198 cm³/mol. The number of carbonyl (C=O) groups excluding carboxylic acids is 4. The number of methoxy groups -OCH3 is 1. The van der Waals surface area contributed by atoms with Crippen molar-refractivity contribution in [3.8, 4) is 0 Å². The van der Waals surface area contributed by atoms with Crippen LogP contribution in [0.1, 0.15) is 79.7 Å². The number of anilines is 1. The number of hydrogen-bond donors (Lipinski definition) is 4. The number of aliphatic hydroxyl groups is 1. The van der Waals surface area contributed by atoms with E-state index in [1.807, 2.05) is 91.7 Å². The summed E-state index contributed by atoms with van der Waals surface area (Å²) in [6.45, 7) is 14.4. The average molecular weight is 703 g/mol. The van der Waals surface area contributed by atoms with Crippen LogP contribution in [0.3, 0.4) is 0 Å². The molecule has 12 nitrogen and oxygen atoms in total. The van der Waals surface area contributed by atoms with Crippen LogP contribution in [0.2, 0.25) is 0 Å². The number of likely N-dealkylation sites (tertiary alicyclic amines) is 1. The van der Waals surface area contributed by atoms with Crippen molar-refractivity contribution >= 4 is 29.3 Å². The van der Waals surface area contributed by atoms with Crippen LogP contribution < -0.4 is 16.4 Å². The standard InChI is InChI=1S/C38H66N6O6/c1-12-25(6)34(43(10)38(49)32(23(2)3)41-37(48)33(24(4)5)42(8)9)30(45)22-31(46)44-21-13-14-29(44)35(50-11)26(7)36(47)40-20-19-27-15-17-28(39)18-16-27/h15-18,23-26,29-30,32-35,45H,12-14,19-22,39H2,1-11H3,(H,40,47)(H,41,48)/t25-,26+,29-,30+,32-,33-,34-,35+/m0/s1. The van der Waals surface area contributed by atoms with Crippen molar-refractivity contribution in [3.63, 3.8) is 0 Å². The summed E-state index contributed by atoms with van der Waals surface area (Å²) in [5, 5.41) is 17.6. The van der Waals surface area contributed by atoms with Crippen molar-refractivity contribution in [2.45, 2.75) is 117 Å². The molecule has 0 saturated carbocycles. The van der Waals surface area contributed by atoms with Gasteiger partial charge in [0, 0.05) is 32.9 Å². The summed E-state index contributed by atoms with van der Waals surface area (Å²) in [7, 11) is 6.89. The number of amides is 4. The molecule has 1 heterocycles. The fraction of sp³-hybridized carbons (Fsp3) is 0.737. The SMILES string of the molecule is CC[C@H](C)[C@@H]([C@H](O)CC(=O)N1CCC[C@H]1[C@H](OC)[C@@H](C)C(=O)NCCc1ccc(N)cc1)N(C)C(=O)[C@@H](NC(=O)[C@H](C(C)C)N(C)C)C(C)C. The Morgan fingerprint density at radius 2 is 1.62 bits per heavy atom. The first-order chi connectivity index (χ1) is 23.5. The van der Waals surface area contributed by atoms with E-state index in [4.69, 9.17) is 10.5 Å². The van der Waals surface area contributed by atoms with Crippen LogP contribution in [0.25, 0.3) is 0 Å². The topological polar surface area (TPSA) is 158 Å². The molecule has 1 aliphatic heterocycles. The number of likely N-dealkylation sites (N-methyl/N-ethyl adjacent to an activating group) is 2. The second-order valence-electron chi connectivity index (χ2n) is 15.0. The van der Waals surface area contributed by atoms with Crippen molar-refractivity contribution in [2.75, 3.05) is 47.1 Å². The molecule has 50 heavy (non-hydrogen) atoms. The van der Waals surface area contributed by atoms with Gasteiger partial charge >= 0.3 is 0 Å². The van der Waals surface area contributed by atoms with E-state index in [9.17, 15) is 24.3 Å². The number of rotatable bonds is 19. The molecule has 8 atom stereocenters. The molecule has 12 heteroatoms. The summed E-state index contributed by atoms with van der Waals surface area (Å²) in [5.74, 6) is -1.73. The second kappa shape index (κ2) is 20.0. The molecule has 1 aromatic carbocycles. The largest absolute Gasteiger partial charge is 0.399 e. The van der Waals surface area contributed by atoms with Crippen LogP contribution in [-0.2, 0) is 30.3 Å². The monoisotopic (exact) mass is 703 g/mol. The van der Waals surface area contributed by atoms with Crippen LogP contribution in [0.5, 0.6) is 0 Å². The number of nitrogens with zero attached hydrogens (tertiary/aromatic N) is 3. The highest BCUT2D eigenvalue weighted by Gasteiger charge is 2.42. The second-order valence-corrected chi connectivity index (χ2v) is 15.0. The summed E-state index contributed by atoms with van der Waals surface area (Å²) in [6.07, 6.45) is 0.910. The molecule has 4 amide bonds. The van der Waals surface area contributed by atoms with Gasteiger partial charge in [-0.3, -0.25) is 24.1 Å². The summed E-state index contributed by atoms with van der Waals surface area (Å²) < 4.78 is 5.86. The minimum absolute atomic E-state index is 0.0381. The molecule has 5 N–H and O–H groups in total. The van der Waals surface area contributed by atoms with Crippen molar-refractivity contribution in [2.24, 2.45) is 23.7 Å². The highest BCUT2D eigenvalue weighted by Crippen LogP contribution is 2.29. The lowest BCUT2D eigenvalue weighted by atomic mass is 9.89. The van der Waals surface area contributed by atoms with Crippen LogP contribution >= 0.6 is 0 Å². The number of nitrogens with two attached hydrogens (primary N) is 1. The third-order valence-corrected chi connectivity index (χ3v) is 10.4. The van der Waals surface area contributed by atoms with Gasteiger partial charge in [0.15, 0.2) is 0 Å². The zero-order chi connectivity index (χ0) is 37.9. The number of nitrogens with one attached hydrogen (secondary N) is 2. The van der Waals surface area contributed by atoms with E-state index in [2.05, 4.69) is 10.6 Å². The van der Waals surface area contributed by atoms with Crippen LogP contribution in [0.15, 0.2) is 24.3 Å². The Balaban J connectivity index is 2.15. The average Bonchev–Trinajstić information content (AvgIpc) is 3.53. The summed E-state index contributed by atoms with van der Waals surface area (Å²) in [5.41, 5.74) is 7.53. The van der Waals surface area contributed by atoms with Gasteiger partial charge in [-0.05, 0) is 68.8 Å². The first kappa shape index (κ1) is 42.9. The number of benzene rings is 1. The third kappa shape index (κ3) is 11.4. The lowest BCUT2D eigenvalue weighted by Crippen LogP contribution is -2.59. The zero-order valence-electron chi connectivity index (χ0n) is 32.4. The quantitative estimate of drug-likeness (QED) is 0.160. The van der Waals surface area contributed by atoms with Gasteiger partial charge in [-0.2, -0.15) is 0 Å². The molecule has 2 rings (SSSR count). The van der Waals surface area contributed by atoms with Gasteiger partial charge in [0.05, 0.1) is 42.7 Å². The first-order valence-electron chi connectivity index (χ1n) is 18.3. The molecule has 0 bridgehead atoms. The number of hydrogen-bond acceptors (Lipinski definition) is 8. The molecule has 0 radical (unpaired) electrons. The fourth-order valence-electron chi connectivity index (χ4n) is 7.39. The first-order valence-corrected chi connectivity index (χ1v) is 18.3. The molecular formula is C38H66N6O6. The lowest BCUT2D eigenvalue weighted by molar-refractivity contribution is -0.146. The molecule has 1 fully saturated rings. The van der Waals surface area contributed by atoms with E-state index in [-0.39, 0.29) is 53.8 Å². The van der Waals surface area contributed by atoms with E-state index in [0.29, 0.717) is 38.0 Å². The van der Waals surface area contributed by atoms with E-state index in [0.717, 1.165) is 12.0 Å². The maximum atomic E-state index is 14.0. The van der Waals surface area contributed by atoms with Gasteiger partial charge in [-0.25, -0.2) is 0 Å². The van der Waals surface area contributed by atoms with Gasteiger partial charge in [0.1, 0.15) is 6.04 Å². The lowest BCUT2D eigenvalue weighted by Gasteiger charge is -2.40. The Morgan fingerprint density at radius 1 is 1.00 bits per heavy atom. The Labute approximate surface area is 300 Å². The molecule has 0 unspecified atom stereocenters. The van der Waals surface area contributed by atoms with Crippen LogP contribution in [0, 0.1) is 23.7 Å². The minimum Gasteiger partial charge on any atom is -0.399 e. The van der Waals surface area contributed by atoms with Crippen molar-refractivity contribution in [1.82, 2.24) is 25.3 Å². The Hall–Kier alpha value is -3.22. The fourth-order valence-corrected chi connectivity index (χ4v) is 7.39. The zero-order valence-corrected chi connectivity index (χ0v) is 32.4. The van der Waals surface area contributed by atoms with E-state index in [1.54, 1.807) is 19.1 Å². The number of carbonyl (C=O) groups is 4. The van der Waals surface area contributed by atoms with E-state index >= 15 is 0 Å². The molecule has 0 spiro atoms. The smallest absolute Gasteiger partial charge is 0.245 e. The van der Waals surface area contributed by atoms with E-state index < -0.39 is 36.3 Å². The molecule has 1 saturated heterocycles.